The summed E-state index contributed by atoms with van der Waals surface area (Å²) < 4.78 is 0. The highest BCUT2D eigenvalue weighted by atomic mass is 15.2. The van der Waals surface area contributed by atoms with Gasteiger partial charge >= 0.3 is 0 Å². The van der Waals surface area contributed by atoms with Gasteiger partial charge < -0.3 is 15.1 Å². The lowest BCUT2D eigenvalue weighted by Crippen LogP contribution is -2.47. The first-order valence-electron chi connectivity index (χ1n) is 16.5. The molecule has 4 heteroatoms. The Morgan fingerprint density at radius 1 is 0.949 bits per heavy atom. The highest BCUT2D eigenvalue weighted by Gasteiger charge is 2.23. The number of likely N-dealkylation sites (tertiary alicyclic amines) is 2. The van der Waals surface area contributed by atoms with Crippen LogP contribution in [0.5, 0.6) is 0 Å². The number of hydrogen-bond acceptors (Lipinski definition) is 3. The molecule has 2 saturated heterocycles. The van der Waals surface area contributed by atoms with Crippen molar-refractivity contribution in [2.45, 2.75) is 123 Å². The summed E-state index contributed by atoms with van der Waals surface area (Å²) in [6.45, 7) is 20.8. The van der Waals surface area contributed by atoms with Gasteiger partial charge in [0.15, 0.2) is 0 Å². The van der Waals surface area contributed by atoms with E-state index >= 15 is 0 Å². The van der Waals surface area contributed by atoms with Gasteiger partial charge in [-0.05, 0) is 133 Å². The van der Waals surface area contributed by atoms with E-state index in [2.05, 4.69) is 61.5 Å². The number of unbranched alkanes of at least 4 members (excludes halogenated alkanes) is 1. The van der Waals surface area contributed by atoms with E-state index in [9.17, 15) is 0 Å². The number of piperidine rings is 1. The second-order valence-corrected chi connectivity index (χ2v) is 13.0. The molecule has 2 heterocycles. The maximum absolute atomic E-state index is 5.29. The lowest BCUT2D eigenvalue weighted by molar-refractivity contribution is 0.167. The predicted molar refractivity (Wildman–Crippen MR) is 169 cm³/mol. The van der Waals surface area contributed by atoms with Crippen LogP contribution >= 0.6 is 0 Å². The number of nitrogens with zero attached hydrogens (tertiary/aromatic N) is 3. The molecule has 1 aliphatic carbocycles. The van der Waals surface area contributed by atoms with Crippen molar-refractivity contribution >= 4 is 5.84 Å². The lowest BCUT2D eigenvalue weighted by Gasteiger charge is -2.35. The van der Waals surface area contributed by atoms with Crippen LogP contribution < -0.4 is 5.32 Å². The van der Waals surface area contributed by atoms with E-state index in [0.717, 1.165) is 18.8 Å². The summed E-state index contributed by atoms with van der Waals surface area (Å²) in [4.78, 5) is 10.5. The first-order valence-corrected chi connectivity index (χ1v) is 16.5. The van der Waals surface area contributed by atoms with Gasteiger partial charge in [0.25, 0.3) is 0 Å². The first kappa shape index (κ1) is 30.3. The SMILES string of the molecule is C=C(CN=C(NC1CCN(C(C)C)CC1)c1cc(CC)c(CCCCN2CCCC2)cc1C)C1CCCCC1. The summed E-state index contributed by atoms with van der Waals surface area (Å²) >= 11 is 0. The number of aliphatic imine (C=N–C) groups is 1. The number of amidine groups is 1. The molecule has 1 aromatic carbocycles. The standard InChI is InChI=1S/C35H58N4/c1-6-30-25-34(28(4)24-32(30)16-10-11-19-38-20-12-13-21-38)35(36-26-29(5)31-14-8-7-9-15-31)37-33-17-22-39(23-18-33)27(2)3/h24-25,27,31,33H,5-23,26H2,1-4H3,(H,36,37). The number of aryl methyl sites for hydroxylation is 3. The molecule has 3 aliphatic rings. The molecule has 0 unspecified atom stereocenters. The van der Waals surface area contributed by atoms with E-state index in [4.69, 9.17) is 4.99 Å². The Morgan fingerprint density at radius 3 is 2.33 bits per heavy atom. The minimum Gasteiger partial charge on any atom is -0.367 e. The molecule has 0 atom stereocenters. The monoisotopic (exact) mass is 534 g/mol. The molecule has 218 valence electrons. The van der Waals surface area contributed by atoms with E-state index in [1.165, 1.54) is 132 Å². The Kier molecular flexibility index (Phi) is 12.0. The minimum absolute atomic E-state index is 0.497. The van der Waals surface area contributed by atoms with Crippen LogP contribution in [0.4, 0.5) is 0 Å². The Labute approximate surface area is 240 Å². The Bertz CT molecular complexity index is 928. The third-order valence-electron chi connectivity index (χ3n) is 9.78. The van der Waals surface area contributed by atoms with Crippen LogP contribution in [0, 0.1) is 12.8 Å². The summed E-state index contributed by atoms with van der Waals surface area (Å²) in [5.41, 5.74) is 7.08. The molecule has 0 radical (unpaired) electrons. The van der Waals surface area contributed by atoms with E-state index < -0.39 is 0 Å². The van der Waals surface area contributed by atoms with Crippen molar-refractivity contribution in [3.8, 4) is 0 Å². The largest absolute Gasteiger partial charge is 0.367 e. The number of benzene rings is 1. The molecule has 0 aromatic heterocycles. The quantitative estimate of drug-likeness (QED) is 0.132. The topological polar surface area (TPSA) is 30.9 Å². The zero-order valence-electron chi connectivity index (χ0n) is 25.9. The van der Waals surface area contributed by atoms with Crippen LogP contribution in [-0.4, -0.2) is 67.0 Å². The number of hydrogen-bond donors (Lipinski definition) is 1. The number of nitrogens with one attached hydrogen (secondary N) is 1. The summed E-state index contributed by atoms with van der Waals surface area (Å²) in [5.74, 6) is 1.77. The van der Waals surface area contributed by atoms with Gasteiger partial charge in [0.05, 0.1) is 6.54 Å². The Hall–Kier alpha value is -1.65. The van der Waals surface area contributed by atoms with Gasteiger partial charge in [0.1, 0.15) is 5.84 Å². The van der Waals surface area contributed by atoms with Crippen molar-refractivity contribution in [2.24, 2.45) is 10.9 Å². The molecule has 3 fully saturated rings. The van der Waals surface area contributed by atoms with Crippen molar-refractivity contribution in [1.29, 1.82) is 0 Å². The minimum atomic E-state index is 0.497. The first-order chi connectivity index (χ1) is 18.9. The number of rotatable bonds is 12. The molecule has 39 heavy (non-hydrogen) atoms. The van der Waals surface area contributed by atoms with Gasteiger partial charge in [-0.3, -0.25) is 4.99 Å². The normalized spacial score (nSPS) is 20.7. The molecule has 0 spiro atoms. The molecule has 0 bridgehead atoms. The van der Waals surface area contributed by atoms with Gasteiger partial charge in [0, 0.05) is 30.7 Å². The van der Waals surface area contributed by atoms with Gasteiger partial charge in [-0.1, -0.05) is 44.4 Å². The third kappa shape index (κ3) is 8.92. The average molecular weight is 535 g/mol. The van der Waals surface area contributed by atoms with Crippen molar-refractivity contribution in [3.63, 3.8) is 0 Å². The van der Waals surface area contributed by atoms with Gasteiger partial charge in [0.2, 0.25) is 0 Å². The maximum atomic E-state index is 5.29. The van der Waals surface area contributed by atoms with Crippen LogP contribution in [0.2, 0.25) is 0 Å². The molecule has 2 aliphatic heterocycles. The van der Waals surface area contributed by atoms with Crippen molar-refractivity contribution in [2.75, 3.05) is 39.3 Å². The van der Waals surface area contributed by atoms with Gasteiger partial charge in [-0.15, -0.1) is 0 Å². The van der Waals surface area contributed by atoms with Crippen LogP contribution in [0.15, 0.2) is 29.3 Å². The summed E-state index contributed by atoms with van der Waals surface area (Å²) in [6, 6.07) is 6.09. The summed E-state index contributed by atoms with van der Waals surface area (Å²) in [5, 5.41) is 3.96. The molecule has 0 amide bonds. The van der Waals surface area contributed by atoms with Gasteiger partial charge in [-0.25, -0.2) is 0 Å². The maximum Gasteiger partial charge on any atom is 0.129 e. The fourth-order valence-electron chi connectivity index (χ4n) is 7.07. The summed E-state index contributed by atoms with van der Waals surface area (Å²) in [7, 11) is 0. The second kappa shape index (κ2) is 15.4. The molecule has 4 nitrogen and oxygen atoms in total. The lowest BCUT2D eigenvalue weighted by atomic mass is 9.84. The third-order valence-corrected chi connectivity index (χ3v) is 9.78. The molecular formula is C35H58N4. The predicted octanol–water partition coefficient (Wildman–Crippen LogP) is 7.32. The second-order valence-electron chi connectivity index (χ2n) is 13.0. The Balaban J connectivity index is 1.47. The van der Waals surface area contributed by atoms with E-state index in [1.807, 2.05) is 0 Å². The molecule has 1 aromatic rings. The molecule has 4 rings (SSSR count). The summed E-state index contributed by atoms with van der Waals surface area (Å²) in [6.07, 6.45) is 16.8. The Morgan fingerprint density at radius 2 is 1.67 bits per heavy atom. The fraction of sp³-hybridized carbons (Fsp3) is 0.743. The van der Waals surface area contributed by atoms with E-state index in [0.29, 0.717) is 18.0 Å². The van der Waals surface area contributed by atoms with Crippen molar-refractivity contribution in [1.82, 2.24) is 15.1 Å². The zero-order valence-corrected chi connectivity index (χ0v) is 25.9. The zero-order chi connectivity index (χ0) is 27.6. The highest BCUT2D eigenvalue weighted by molar-refractivity contribution is 6.00. The van der Waals surface area contributed by atoms with Crippen LogP contribution in [0.1, 0.15) is 114 Å². The average Bonchev–Trinajstić information content (AvgIpc) is 3.48. The molecule has 1 saturated carbocycles. The molecule has 1 N–H and O–H groups in total. The van der Waals surface area contributed by atoms with Crippen molar-refractivity contribution in [3.05, 3.63) is 46.5 Å². The fourth-order valence-corrected chi connectivity index (χ4v) is 7.07. The van der Waals surface area contributed by atoms with Crippen molar-refractivity contribution < 1.29 is 0 Å². The van der Waals surface area contributed by atoms with Crippen LogP contribution in [0.3, 0.4) is 0 Å². The molecular weight excluding hydrogens is 476 g/mol. The smallest absolute Gasteiger partial charge is 0.129 e. The van der Waals surface area contributed by atoms with Crippen LogP contribution in [-0.2, 0) is 12.8 Å². The highest BCUT2D eigenvalue weighted by Crippen LogP contribution is 2.29. The van der Waals surface area contributed by atoms with E-state index in [-0.39, 0.29) is 0 Å². The van der Waals surface area contributed by atoms with Crippen LogP contribution in [0.25, 0.3) is 0 Å². The van der Waals surface area contributed by atoms with E-state index in [1.54, 1.807) is 5.56 Å². The van der Waals surface area contributed by atoms with Gasteiger partial charge in [-0.2, -0.15) is 0 Å².